The van der Waals surface area contributed by atoms with Crippen molar-refractivity contribution in [2.45, 2.75) is 32.6 Å². The van der Waals surface area contributed by atoms with E-state index in [1.165, 1.54) is 19.3 Å². The SMILES string of the molecule is CCCCCc1ccnnc1NN. The molecule has 4 nitrogen and oxygen atoms in total. The van der Waals surface area contributed by atoms with Gasteiger partial charge in [-0.1, -0.05) is 19.8 Å². The van der Waals surface area contributed by atoms with Gasteiger partial charge in [0, 0.05) is 0 Å². The Morgan fingerprint density at radius 3 is 3.00 bits per heavy atom. The zero-order valence-corrected chi connectivity index (χ0v) is 7.95. The second kappa shape index (κ2) is 5.48. The van der Waals surface area contributed by atoms with Crippen LogP contribution in [0.15, 0.2) is 12.3 Å². The Morgan fingerprint density at radius 1 is 1.46 bits per heavy atom. The number of nitrogen functional groups attached to an aromatic ring is 1. The van der Waals surface area contributed by atoms with Crippen molar-refractivity contribution in [3.63, 3.8) is 0 Å². The average Bonchev–Trinajstić information content (AvgIpc) is 2.19. The maximum Gasteiger partial charge on any atom is 0.165 e. The van der Waals surface area contributed by atoms with E-state index in [2.05, 4.69) is 22.5 Å². The minimum absolute atomic E-state index is 0.693. The highest BCUT2D eigenvalue weighted by molar-refractivity contribution is 5.40. The van der Waals surface area contributed by atoms with Crippen LogP contribution >= 0.6 is 0 Å². The van der Waals surface area contributed by atoms with Crippen molar-refractivity contribution in [3.05, 3.63) is 17.8 Å². The highest BCUT2D eigenvalue weighted by Gasteiger charge is 2.00. The Morgan fingerprint density at radius 2 is 2.31 bits per heavy atom. The first-order valence-corrected chi connectivity index (χ1v) is 4.65. The number of aromatic nitrogens is 2. The molecule has 4 heteroatoms. The molecule has 3 N–H and O–H groups in total. The predicted octanol–water partition coefficient (Wildman–Crippen LogP) is 1.49. The fraction of sp³-hybridized carbons (Fsp3) is 0.556. The van der Waals surface area contributed by atoms with Gasteiger partial charge in [0.15, 0.2) is 5.82 Å². The van der Waals surface area contributed by atoms with Crippen LogP contribution in [0.1, 0.15) is 31.7 Å². The number of rotatable bonds is 5. The molecule has 0 bridgehead atoms. The van der Waals surface area contributed by atoms with E-state index in [4.69, 9.17) is 5.84 Å². The molecule has 1 rings (SSSR count). The fourth-order valence-corrected chi connectivity index (χ4v) is 1.25. The molecule has 13 heavy (non-hydrogen) atoms. The van der Waals surface area contributed by atoms with Crippen LogP contribution in [0.2, 0.25) is 0 Å². The zero-order chi connectivity index (χ0) is 9.52. The molecule has 0 unspecified atom stereocenters. The monoisotopic (exact) mass is 180 g/mol. The number of hydrazine groups is 1. The molecule has 1 aromatic heterocycles. The van der Waals surface area contributed by atoms with Gasteiger partial charge < -0.3 is 5.43 Å². The smallest absolute Gasteiger partial charge is 0.165 e. The predicted molar refractivity (Wildman–Crippen MR) is 53.1 cm³/mol. The van der Waals surface area contributed by atoms with Crippen molar-refractivity contribution < 1.29 is 0 Å². The summed E-state index contributed by atoms with van der Waals surface area (Å²) in [6, 6.07) is 1.96. The number of aryl methyl sites for hydroxylation is 1. The van der Waals surface area contributed by atoms with Gasteiger partial charge in [-0.05, 0) is 24.5 Å². The third-order valence-corrected chi connectivity index (χ3v) is 1.99. The van der Waals surface area contributed by atoms with Gasteiger partial charge in [0.05, 0.1) is 6.20 Å². The van der Waals surface area contributed by atoms with Gasteiger partial charge in [0.25, 0.3) is 0 Å². The summed E-state index contributed by atoms with van der Waals surface area (Å²) in [7, 11) is 0. The van der Waals surface area contributed by atoms with E-state index in [1.54, 1.807) is 6.20 Å². The number of hydrogen-bond acceptors (Lipinski definition) is 4. The lowest BCUT2D eigenvalue weighted by molar-refractivity contribution is 0.714. The van der Waals surface area contributed by atoms with Crippen LogP contribution in [0.3, 0.4) is 0 Å². The molecule has 0 saturated carbocycles. The summed E-state index contributed by atoms with van der Waals surface area (Å²) < 4.78 is 0. The Kier molecular flexibility index (Phi) is 4.18. The van der Waals surface area contributed by atoms with Crippen molar-refractivity contribution >= 4 is 5.82 Å². The van der Waals surface area contributed by atoms with Crippen molar-refractivity contribution in [3.8, 4) is 0 Å². The van der Waals surface area contributed by atoms with Crippen molar-refractivity contribution in [2.24, 2.45) is 5.84 Å². The van der Waals surface area contributed by atoms with Gasteiger partial charge in [0.2, 0.25) is 0 Å². The normalized spacial score (nSPS) is 10.0. The lowest BCUT2D eigenvalue weighted by Gasteiger charge is -2.05. The van der Waals surface area contributed by atoms with Gasteiger partial charge in [-0.25, -0.2) is 5.84 Å². The summed E-state index contributed by atoms with van der Waals surface area (Å²) in [6.07, 6.45) is 6.36. The molecule has 0 radical (unpaired) electrons. The van der Waals surface area contributed by atoms with E-state index in [9.17, 15) is 0 Å². The molecule has 0 aromatic carbocycles. The number of nitrogens with one attached hydrogen (secondary N) is 1. The molecule has 0 fully saturated rings. The summed E-state index contributed by atoms with van der Waals surface area (Å²) in [4.78, 5) is 0. The molecule has 0 aliphatic rings. The van der Waals surface area contributed by atoms with E-state index in [0.29, 0.717) is 5.82 Å². The van der Waals surface area contributed by atoms with Crippen LogP contribution < -0.4 is 11.3 Å². The number of hydrogen-bond donors (Lipinski definition) is 2. The number of anilines is 1. The van der Waals surface area contributed by atoms with Crippen LogP contribution in [0, 0.1) is 0 Å². The van der Waals surface area contributed by atoms with E-state index < -0.39 is 0 Å². The number of nitrogens with zero attached hydrogens (tertiary/aromatic N) is 2. The molecule has 0 spiro atoms. The topological polar surface area (TPSA) is 63.8 Å². The van der Waals surface area contributed by atoms with Crippen molar-refractivity contribution in [1.82, 2.24) is 10.2 Å². The lowest BCUT2D eigenvalue weighted by atomic mass is 10.1. The quantitative estimate of drug-likeness (QED) is 0.409. The van der Waals surface area contributed by atoms with E-state index >= 15 is 0 Å². The maximum absolute atomic E-state index is 5.30. The van der Waals surface area contributed by atoms with Gasteiger partial charge in [0.1, 0.15) is 0 Å². The second-order valence-electron chi connectivity index (χ2n) is 3.01. The van der Waals surface area contributed by atoms with Crippen LogP contribution in [0.4, 0.5) is 5.82 Å². The molecular formula is C9H16N4. The first-order valence-electron chi connectivity index (χ1n) is 4.65. The molecule has 0 aliphatic carbocycles. The molecule has 72 valence electrons. The zero-order valence-electron chi connectivity index (χ0n) is 7.95. The van der Waals surface area contributed by atoms with Crippen LogP contribution in [-0.4, -0.2) is 10.2 Å². The summed E-state index contributed by atoms with van der Waals surface area (Å²) in [5.74, 6) is 6.00. The first-order chi connectivity index (χ1) is 6.38. The molecular weight excluding hydrogens is 164 g/mol. The van der Waals surface area contributed by atoms with Crippen LogP contribution in [-0.2, 0) is 6.42 Å². The van der Waals surface area contributed by atoms with Crippen molar-refractivity contribution in [1.29, 1.82) is 0 Å². The van der Waals surface area contributed by atoms with E-state index in [-0.39, 0.29) is 0 Å². The summed E-state index contributed by atoms with van der Waals surface area (Å²) in [5, 5.41) is 7.64. The lowest BCUT2D eigenvalue weighted by Crippen LogP contribution is -2.11. The summed E-state index contributed by atoms with van der Waals surface area (Å²) in [6.45, 7) is 2.19. The molecule has 0 atom stereocenters. The number of unbranched alkanes of at least 4 members (excludes halogenated alkanes) is 2. The van der Waals surface area contributed by atoms with E-state index in [0.717, 1.165) is 12.0 Å². The average molecular weight is 180 g/mol. The standard InChI is InChI=1S/C9H16N4/c1-2-3-4-5-8-6-7-11-13-9(8)12-10/h6-7H,2-5,10H2,1H3,(H,12,13). The third kappa shape index (κ3) is 2.99. The van der Waals surface area contributed by atoms with Crippen molar-refractivity contribution in [2.75, 3.05) is 5.43 Å². The Bertz CT molecular complexity index is 249. The summed E-state index contributed by atoms with van der Waals surface area (Å²) >= 11 is 0. The van der Waals surface area contributed by atoms with E-state index in [1.807, 2.05) is 6.07 Å². The maximum atomic E-state index is 5.30. The van der Waals surface area contributed by atoms with Crippen LogP contribution in [0.5, 0.6) is 0 Å². The van der Waals surface area contributed by atoms with Gasteiger partial charge in [-0.15, -0.1) is 5.10 Å². The summed E-state index contributed by atoms with van der Waals surface area (Å²) in [5.41, 5.74) is 3.69. The molecule has 1 aromatic rings. The first kappa shape index (κ1) is 9.92. The molecule has 1 heterocycles. The van der Waals surface area contributed by atoms with Gasteiger partial charge in [-0.3, -0.25) is 0 Å². The number of nitrogens with two attached hydrogens (primary N) is 1. The largest absolute Gasteiger partial charge is 0.307 e. The third-order valence-electron chi connectivity index (χ3n) is 1.99. The molecule has 0 amide bonds. The highest BCUT2D eigenvalue weighted by atomic mass is 15.3. The second-order valence-corrected chi connectivity index (χ2v) is 3.01. The molecule has 0 saturated heterocycles. The minimum atomic E-state index is 0.693. The fourth-order valence-electron chi connectivity index (χ4n) is 1.25. The van der Waals surface area contributed by atoms with Gasteiger partial charge >= 0.3 is 0 Å². The molecule has 0 aliphatic heterocycles. The Balaban J connectivity index is 2.54. The van der Waals surface area contributed by atoms with Gasteiger partial charge in [-0.2, -0.15) is 5.10 Å². The Hall–Kier alpha value is -1.16. The minimum Gasteiger partial charge on any atom is -0.307 e. The Labute approximate surface area is 78.5 Å². The highest BCUT2D eigenvalue weighted by Crippen LogP contribution is 2.12. The van der Waals surface area contributed by atoms with Crippen LogP contribution in [0.25, 0.3) is 0 Å².